The van der Waals surface area contributed by atoms with Crippen LogP contribution in [0.15, 0.2) is 18.2 Å². The quantitative estimate of drug-likeness (QED) is 0.711. The van der Waals surface area contributed by atoms with Crippen LogP contribution in [0.25, 0.3) is 0 Å². The van der Waals surface area contributed by atoms with Crippen molar-refractivity contribution in [3.8, 4) is 0 Å². The lowest BCUT2D eigenvalue weighted by molar-refractivity contribution is -0.124. The predicted octanol–water partition coefficient (Wildman–Crippen LogP) is 3.22. The molecular weight excluding hydrogens is 327 g/mol. The standard InChI is InChI=1S/C13H15IN2O/c14-9-3-4-10-11(7-9)16-12(17)13(8-15-10)5-1-2-6-13/h3-4,7,15H,1-2,5-6,8H2,(H,16,17). The van der Waals surface area contributed by atoms with Gasteiger partial charge < -0.3 is 10.6 Å². The first kappa shape index (κ1) is 11.3. The molecule has 1 aromatic carbocycles. The van der Waals surface area contributed by atoms with Gasteiger partial charge >= 0.3 is 0 Å². The molecule has 90 valence electrons. The molecule has 1 aliphatic heterocycles. The molecule has 1 aromatic rings. The van der Waals surface area contributed by atoms with Gasteiger partial charge in [0.25, 0.3) is 0 Å². The van der Waals surface area contributed by atoms with Gasteiger partial charge in [0.1, 0.15) is 0 Å². The zero-order chi connectivity index (χ0) is 11.9. The van der Waals surface area contributed by atoms with E-state index in [4.69, 9.17) is 0 Å². The van der Waals surface area contributed by atoms with E-state index in [1.165, 1.54) is 12.8 Å². The van der Waals surface area contributed by atoms with Crippen molar-refractivity contribution in [3.63, 3.8) is 0 Å². The Morgan fingerprint density at radius 3 is 2.71 bits per heavy atom. The second-order valence-electron chi connectivity index (χ2n) is 4.99. The molecule has 3 rings (SSSR count). The molecule has 1 amide bonds. The average molecular weight is 342 g/mol. The minimum absolute atomic E-state index is 0.176. The molecule has 0 unspecified atom stereocenters. The first-order valence-corrected chi connectivity index (χ1v) is 7.12. The number of anilines is 2. The van der Waals surface area contributed by atoms with Crippen LogP contribution in [0.1, 0.15) is 25.7 Å². The number of carbonyl (C=O) groups excluding carboxylic acids is 1. The Morgan fingerprint density at radius 2 is 1.94 bits per heavy atom. The second kappa shape index (κ2) is 4.15. The molecule has 1 fully saturated rings. The summed E-state index contributed by atoms with van der Waals surface area (Å²) in [5, 5.41) is 6.52. The van der Waals surface area contributed by atoms with Crippen molar-refractivity contribution in [2.24, 2.45) is 5.41 Å². The van der Waals surface area contributed by atoms with E-state index in [1.54, 1.807) is 0 Å². The average Bonchev–Trinajstić information content (AvgIpc) is 2.73. The van der Waals surface area contributed by atoms with Crippen LogP contribution in [0.4, 0.5) is 11.4 Å². The molecular formula is C13H15IN2O. The first-order valence-electron chi connectivity index (χ1n) is 6.05. The maximum absolute atomic E-state index is 12.4. The molecule has 1 spiro atoms. The first-order chi connectivity index (χ1) is 8.20. The van der Waals surface area contributed by atoms with Gasteiger partial charge in [-0.3, -0.25) is 4.79 Å². The van der Waals surface area contributed by atoms with Gasteiger partial charge in [0.2, 0.25) is 5.91 Å². The van der Waals surface area contributed by atoms with Crippen LogP contribution in [0, 0.1) is 8.99 Å². The fourth-order valence-electron chi connectivity index (χ4n) is 2.83. The van der Waals surface area contributed by atoms with Crippen LogP contribution in [-0.2, 0) is 4.79 Å². The monoisotopic (exact) mass is 342 g/mol. The Labute approximate surface area is 114 Å². The fraction of sp³-hybridized carbons (Fsp3) is 0.462. The van der Waals surface area contributed by atoms with Crippen LogP contribution >= 0.6 is 22.6 Å². The molecule has 0 atom stereocenters. The molecule has 1 aliphatic carbocycles. The molecule has 0 radical (unpaired) electrons. The van der Waals surface area contributed by atoms with E-state index >= 15 is 0 Å². The number of rotatable bonds is 0. The highest BCUT2D eigenvalue weighted by Gasteiger charge is 2.42. The largest absolute Gasteiger partial charge is 0.382 e. The summed E-state index contributed by atoms with van der Waals surface area (Å²) in [6.45, 7) is 0.770. The summed E-state index contributed by atoms with van der Waals surface area (Å²) in [7, 11) is 0. The van der Waals surface area contributed by atoms with Crippen LogP contribution in [0.3, 0.4) is 0 Å². The van der Waals surface area contributed by atoms with Crippen molar-refractivity contribution in [1.29, 1.82) is 0 Å². The lowest BCUT2D eigenvalue weighted by atomic mass is 9.85. The normalized spacial score (nSPS) is 21.6. The molecule has 0 bridgehead atoms. The highest BCUT2D eigenvalue weighted by atomic mass is 127. The Hall–Kier alpha value is -0.780. The van der Waals surface area contributed by atoms with Gasteiger partial charge in [-0.2, -0.15) is 0 Å². The van der Waals surface area contributed by atoms with E-state index in [2.05, 4.69) is 39.3 Å². The van der Waals surface area contributed by atoms with Crippen molar-refractivity contribution in [1.82, 2.24) is 0 Å². The number of hydrogen-bond acceptors (Lipinski definition) is 2. The van der Waals surface area contributed by atoms with E-state index in [0.29, 0.717) is 0 Å². The topological polar surface area (TPSA) is 41.1 Å². The van der Waals surface area contributed by atoms with E-state index < -0.39 is 0 Å². The lowest BCUT2D eigenvalue weighted by Gasteiger charge is -2.24. The van der Waals surface area contributed by atoms with E-state index in [0.717, 1.165) is 34.3 Å². The number of halogens is 1. The summed E-state index contributed by atoms with van der Waals surface area (Å²) in [4.78, 5) is 12.4. The second-order valence-corrected chi connectivity index (χ2v) is 6.23. The molecule has 1 heterocycles. The number of fused-ring (bicyclic) bond motifs is 1. The number of amides is 1. The molecule has 4 heteroatoms. The van der Waals surface area contributed by atoms with Gasteiger partial charge in [-0.25, -0.2) is 0 Å². The Balaban J connectivity index is 1.96. The number of carbonyl (C=O) groups is 1. The fourth-order valence-corrected chi connectivity index (χ4v) is 3.32. The SMILES string of the molecule is O=C1Nc2cc(I)ccc2NCC12CCCC2. The molecule has 2 N–H and O–H groups in total. The van der Waals surface area contributed by atoms with E-state index in [-0.39, 0.29) is 11.3 Å². The molecule has 1 saturated carbocycles. The van der Waals surface area contributed by atoms with Crippen molar-refractivity contribution >= 4 is 39.9 Å². The summed E-state index contributed by atoms with van der Waals surface area (Å²) in [6.07, 6.45) is 4.36. The summed E-state index contributed by atoms with van der Waals surface area (Å²) in [5.41, 5.74) is 1.79. The summed E-state index contributed by atoms with van der Waals surface area (Å²) >= 11 is 2.27. The van der Waals surface area contributed by atoms with Gasteiger partial charge in [0, 0.05) is 10.1 Å². The van der Waals surface area contributed by atoms with Gasteiger partial charge in [0.05, 0.1) is 16.8 Å². The lowest BCUT2D eigenvalue weighted by Crippen LogP contribution is -2.37. The molecule has 2 aliphatic rings. The summed E-state index contributed by atoms with van der Waals surface area (Å²) in [5.74, 6) is 0.197. The zero-order valence-electron chi connectivity index (χ0n) is 9.55. The van der Waals surface area contributed by atoms with Crippen LogP contribution in [0.5, 0.6) is 0 Å². The van der Waals surface area contributed by atoms with Gasteiger partial charge in [-0.05, 0) is 53.6 Å². The summed E-state index contributed by atoms with van der Waals surface area (Å²) < 4.78 is 1.14. The Morgan fingerprint density at radius 1 is 1.18 bits per heavy atom. The predicted molar refractivity (Wildman–Crippen MR) is 77.2 cm³/mol. The van der Waals surface area contributed by atoms with Gasteiger partial charge in [-0.1, -0.05) is 12.8 Å². The molecule has 0 aromatic heterocycles. The zero-order valence-corrected chi connectivity index (χ0v) is 11.7. The van der Waals surface area contributed by atoms with E-state index in [9.17, 15) is 4.79 Å². The molecule has 0 saturated heterocycles. The van der Waals surface area contributed by atoms with Gasteiger partial charge in [-0.15, -0.1) is 0 Å². The highest BCUT2D eigenvalue weighted by Crippen LogP contribution is 2.42. The van der Waals surface area contributed by atoms with Crippen molar-refractivity contribution in [3.05, 3.63) is 21.8 Å². The third-order valence-corrected chi connectivity index (χ3v) is 4.56. The van der Waals surface area contributed by atoms with Crippen LogP contribution < -0.4 is 10.6 Å². The number of benzene rings is 1. The summed E-state index contributed by atoms with van der Waals surface area (Å²) in [6, 6.07) is 6.13. The smallest absolute Gasteiger partial charge is 0.232 e. The molecule has 3 nitrogen and oxygen atoms in total. The third kappa shape index (κ3) is 1.92. The minimum atomic E-state index is -0.176. The van der Waals surface area contributed by atoms with Gasteiger partial charge in [0.15, 0.2) is 0 Å². The van der Waals surface area contributed by atoms with Crippen molar-refractivity contribution in [2.75, 3.05) is 17.2 Å². The number of nitrogens with one attached hydrogen (secondary N) is 2. The van der Waals surface area contributed by atoms with Crippen molar-refractivity contribution in [2.45, 2.75) is 25.7 Å². The minimum Gasteiger partial charge on any atom is -0.382 e. The highest BCUT2D eigenvalue weighted by molar-refractivity contribution is 14.1. The maximum Gasteiger partial charge on any atom is 0.232 e. The number of hydrogen-bond donors (Lipinski definition) is 2. The Kier molecular flexibility index (Phi) is 2.77. The van der Waals surface area contributed by atoms with Crippen LogP contribution in [0.2, 0.25) is 0 Å². The molecule has 17 heavy (non-hydrogen) atoms. The maximum atomic E-state index is 12.4. The van der Waals surface area contributed by atoms with Crippen molar-refractivity contribution < 1.29 is 4.79 Å². The van der Waals surface area contributed by atoms with Crippen LogP contribution in [-0.4, -0.2) is 12.5 Å². The third-order valence-electron chi connectivity index (χ3n) is 3.89. The van der Waals surface area contributed by atoms with E-state index in [1.807, 2.05) is 12.1 Å². The Bertz CT molecular complexity index is 466.